The highest BCUT2D eigenvalue weighted by Crippen LogP contribution is 2.72. The predicted molar refractivity (Wildman–Crippen MR) is 94.6 cm³/mol. The lowest BCUT2D eigenvalue weighted by Crippen LogP contribution is -2.65. The van der Waals surface area contributed by atoms with Crippen LogP contribution in [0, 0.1) is 34.0 Å². The second-order valence-electron chi connectivity index (χ2n) is 9.69. The van der Waals surface area contributed by atoms with E-state index in [1.165, 1.54) is 7.11 Å². The van der Waals surface area contributed by atoms with Gasteiger partial charge in [-0.2, -0.15) is 0 Å². The molecule has 0 radical (unpaired) electrons. The number of ether oxygens (including phenoxy) is 1. The van der Waals surface area contributed by atoms with Gasteiger partial charge < -0.3 is 14.9 Å². The lowest BCUT2D eigenvalue weighted by molar-refractivity contribution is -0.226. The number of hydrogen-bond acceptors (Lipinski definition) is 4. The van der Waals surface area contributed by atoms with Gasteiger partial charge in [-0.15, -0.1) is 0 Å². The summed E-state index contributed by atoms with van der Waals surface area (Å²) >= 11 is 0. The number of aliphatic hydroxyl groups excluding tert-OH is 2. The van der Waals surface area contributed by atoms with E-state index < -0.39 is 23.0 Å². The maximum Gasteiger partial charge on any atom is 0.311 e. The number of methoxy groups -OCH3 is 1. The van der Waals surface area contributed by atoms with E-state index >= 15 is 0 Å². The van der Waals surface area contributed by atoms with Crippen molar-refractivity contribution >= 4 is 5.97 Å². The number of carbonyl (C=O) groups excluding carboxylic acids is 1. The minimum atomic E-state index is -0.607. The first-order valence-corrected chi connectivity index (χ1v) is 9.85. The first kappa shape index (κ1) is 17.5. The molecule has 0 amide bonds. The zero-order valence-corrected chi connectivity index (χ0v) is 15.8. The van der Waals surface area contributed by atoms with Gasteiger partial charge in [0.25, 0.3) is 0 Å². The van der Waals surface area contributed by atoms with Crippen LogP contribution in [-0.4, -0.2) is 35.5 Å². The number of fused-ring (bicyclic) bond motifs is 3. The van der Waals surface area contributed by atoms with E-state index in [9.17, 15) is 15.0 Å². The van der Waals surface area contributed by atoms with Gasteiger partial charge in [0.05, 0.1) is 24.7 Å². The largest absolute Gasteiger partial charge is 0.469 e. The van der Waals surface area contributed by atoms with Gasteiger partial charge >= 0.3 is 5.97 Å². The van der Waals surface area contributed by atoms with Crippen LogP contribution in [-0.2, 0) is 9.53 Å². The van der Waals surface area contributed by atoms with Crippen LogP contribution >= 0.6 is 0 Å². The van der Waals surface area contributed by atoms with Crippen LogP contribution in [0.4, 0.5) is 0 Å². The second kappa shape index (κ2) is 5.32. The Bertz CT molecular complexity index is 615. The fourth-order valence-corrected chi connectivity index (χ4v) is 7.77. The van der Waals surface area contributed by atoms with Crippen molar-refractivity contribution in [1.29, 1.82) is 0 Å². The van der Waals surface area contributed by atoms with E-state index in [4.69, 9.17) is 4.74 Å². The summed E-state index contributed by atoms with van der Waals surface area (Å²) in [7, 11) is 1.47. The third kappa shape index (κ3) is 1.93. The molecule has 0 heterocycles. The standard InChI is InChI=1S/C21H32O4/c1-12-13-6-7-14-19(2)8-5-9-20(3,18(24)25-4)15(19)10-16(22)21(14,11-13)17(12)23/h13-17,22-23H,1,5-11H2,2-4H3/t13-,14+,15+,16+,17+,19+,20-,21-/m1/s1. The maximum atomic E-state index is 12.7. The van der Waals surface area contributed by atoms with Crippen LogP contribution in [0.3, 0.4) is 0 Å². The van der Waals surface area contributed by atoms with Gasteiger partial charge in [-0.1, -0.05) is 19.9 Å². The molecule has 4 heteroatoms. The molecule has 0 saturated heterocycles. The van der Waals surface area contributed by atoms with Crippen LogP contribution in [0.2, 0.25) is 0 Å². The summed E-state index contributed by atoms with van der Waals surface area (Å²) < 4.78 is 5.17. The van der Waals surface area contributed by atoms with E-state index in [0.29, 0.717) is 12.3 Å². The highest BCUT2D eigenvalue weighted by atomic mass is 16.5. The summed E-state index contributed by atoms with van der Waals surface area (Å²) in [5.74, 6) is 0.543. The van der Waals surface area contributed by atoms with Gasteiger partial charge in [-0.3, -0.25) is 4.79 Å². The summed E-state index contributed by atoms with van der Waals surface area (Å²) in [4.78, 5) is 12.7. The Morgan fingerprint density at radius 3 is 2.60 bits per heavy atom. The molecular formula is C21H32O4. The van der Waals surface area contributed by atoms with Crippen molar-refractivity contribution in [2.24, 2.45) is 34.0 Å². The zero-order valence-electron chi connectivity index (χ0n) is 15.8. The second-order valence-corrected chi connectivity index (χ2v) is 9.69. The molecular weight excluding hydrogens is 316 g/mol. The molecule has 2 bridgehead atoms. The minimum absolute atomic E-state index is 0.0447. The average Bonchev–Trinajstić information content (AvgIpc) is 2.78. The van der Waals surface area contributed by atoms with Crippen molar-refractivity contribution in [2.75, 3.05) is 7.11 Å². The quantitative estimate of drug-likeness (QED) is 0.564. The fraction of sp³-hybridized carbons (Fsp3) is 0.857. The molecule has 0 aromatic rings. The van der Waals surface area contributed by atoms with Crippen molar-refractivity contribution in [3.8, 4) is 0 Å². The van der Waals surface area contributed by atoms with Crippen LogP contribution in [0.5, 0.6) is 0 Å². The molecule has 1 spiro atoms. The summed E-state index contributed by atoms with van der Waals surface area (Å²) in [5.41, 5.74) is -0.117. The Labute approximate surface area is 150 Å². The van der Waals surface area contributed by atoms with Gasteiger partial charge in [0.2, 0.25) is 0 Å². The molecule has 4 nitrogen and oxygen atoms in total. The Morgan fingerprint density at radius 1 is 1.20 bits per heavy atom. The van der Waals surface area contributed by atoms with E-state index in [0.717, 1.165) is 44.1 Å². The molecule has 0 aliphatic heterocycles. The number of carbonyl (C=O) groups is 1. The summed E-state index contributed by atoms with van der Waals surface area (Å²) in [6, 6.07) is 0. The smallest absolute Gasteiger partial charge is 0.311 e. The van der Waals surface area contributed by atoms with Gasteiger partial charge in [-0.25, -0.2) is 0 Å². The van der Waals surface area contributed by atoms with Crippen molar-refractivity contribution in [2.45, 2.75) is 71.0 Å². The number of aliphatic hydroxyl groups is 2. The number of rotatable bonds is 1. The Balaban J connectivity index is 1.81. The molecule has 8 atom stereocenters. The van der Waals surface area contributed by atoms with Crippen LogP contribution in [0.15, 0.2) is 12.2 Å². The first-order chi connectivity index (χ1) is 11.7. The van der Waals surface area contributed by atoms with Crippen molar-refractivity contribution in [3.63, 3.8) is 0 Å². The molecule has 4 rings (SSSR count). The first-order valence-electron chi connectivity index (χ1n) is 9.85. The van der Waals surface area contributed by atoms with Crippen LogP contribution < -0.4 is 0 Å². The van der Waals surface area contributed by atoms with Gasteiger partial charge in [0.1, 0.15) is 0 Å². The molecule has 0 aromatic carbocycles. The lowest BCUT2D eigenvalue weighted by atomic mass is 9.40. The molecule has 0 unspecified atom stereocenters. The van der Waals surface area contributed by atoms with Crippen molar-refractivity contribution < 1.29 is 19.7 Å². The van der Waals surface area contributed by atoms with Crippen molar-refractivity contribution in [1.82, 2.24) is 0 Å². The molecule has 4 aliphatic rings. The topological polar surface area (TPSA) is 66.8 Å². The monoisotopic (exact) mass is 348 g/mol. The van der Waals surface area contributed by atoms with Crippen molar-refractivity contribution in [3.05, 3.63) is 12.2 Å². The zero-order chi connectivity index (χ0) is 18.2. The van der Waals surface area contributed by atoms with E-state index in [-0.39, 0.29) is 23.2 Å². The third-order valence-electron chi connectivity index (χ3n) is 8.94. The molecule has 2 N–H and O–H groups in total. The highest BCUT2D eigenvalue weighted by molar-refractivity contribution is 5.77. The van der Waals surface area contributed by atoms with E-state index in [2.05, 4.69) is 13.5 Å². The minimum Gasteiger partial charge on any atom is -0.469 e. The summed E-state index contributed by atoms with van der Waals surface area (Å²) in [6.45, 7) is 8.50. The molecule has 4 fully saturated rings. The third-order valence-corrected chi connectivity index (χ3v) is 8.94. The fourth-order valence-electron chi connectivity index (χ4n) is 7.77. The molecule has 25 heavy (non-hydrogen) atoms. The normalized spacial score (nSPS) is 54.6. The molecule has 140 valence electrons. The number of esters is 1. The van der Waals surface area contributed by atoms with Gasteiger partial charge in [0, 0.05) is 5.41 Å². The van der Waals surface area contributed by atoms with Gasteiger partial charge in [-0.05, 0) is 74.2 Å². The summed E-state index contributed by atoms with van der Waals surface area (Å²) in [5, 5.41) is 22.3. The molecule has 0 aromatic heterocycles. The van der Waals surface area contributed by atoms with Crippen LogP contribution in [0.1, 0.15) is 58.8 Å². The predicted octanol–water partition coefficient (Wildman–Crippen LogP) is 3.07. The molecule has 4 saturated carbocycles. The van der Waals surface area contributed by atoms with E-state index in [1.54, 1.807) is 0 Å². The Kier molecular flexibility index (Phi) is 3.73. The molecule has 4 aliphatic carbocycles. The Morgan fingerprint density at radius 2 is 1.92 bits per heavy atom. The highest BCUT2D eigenvalue weighted by Gasteiger charge is 2.70. The van der Waals surface area contributed by atoms with Gasteiger partial charge in [0.15, 0.2) is 0 Å². The van der Waals surface area contributed by atoms with Crippen LogP contribution in [0.25, 0.3) is 0 Å². The SMILES string of the molecule is C=C1[C@@H]2CC[C@H]3[C@]4(C)CCC[C@@](C)(C(=O)OC)[C@H]4C[C@H](O)[C@]3(C2)[C@H]1O. The Hall–Kier alpha value is -0.870. The average molecular weight is 348 g/mol. The lowest BCUT2D eigenvalue weighted by Gasteiger charge is -2.65. The maximum absolute atomic E-state index is 12.7. The summed E-state index contributed by atoms with van der Waals surface area (Å²) in [6.07, 6.45) is 5.21. The van der Waals surface area contributed by atoms with E-state index in [1.807, 2.05) is 6.92 Å². The number of hydrogen-bond donors (Lipinski definition) is 2.